The first kappa shape index (κ1) is 30.2. The standard InChI is InChI=1S/C33H34N8O3S2/c1-22-4-3-5-27(22)28-18-24-19-36-32(37-25-6-8-26(9-7-25)40-15-13-39(2)14-16-40)38-30(24)41(31(28)42)21-23-10-11-34-20-29(23)46(43,44)33-35-12-17-45-33/h6-12,17-20H,3-5,13-16,21H2,1-2H3,(H,36,37,38). The van der Waals surface area contributed by atoms with Crippen LogP contribution in [0.15, 0.2) is 86.2 Å². The number of likely N-dealkylation sites (N-methyl/N-ethyl adjacent to an activating group) is 1. The Labute approximate surface area is 271 Å². The van der Waals surface area contributed by atoms with E-state index in [9.17, 15) is 13.2 Å². The van der Waals surface area contributed by atoms with Gasteiger partial charge in [0.25, 0.3) is 5.56 Å². The van der Waals surface area contributed by atoms with E-state index in [4.69, 9.17) is 4.98 Å². The SMILES string of the molecule is CC1=C(c2cc3cnc(Nc4ccc(N5CCN(C)CC5)cc4)nc3n(Cc3ccncc3S(=O)(=O)c3nccs3)c2=O)CCC1. The Kier molecular flexibility index (Phi) is 8.13. The number of aromatic nitrogens is 5. The fourth-order valence-electron chi connectivity index (χ4n) is 6.18. The molecule has 1 aliphatic heterocycles. The third kappa shape index (κ3) is 5.81. The Morgan fingerprint density at radius 2 is 1.78 bits per heavy atom. The van der Waals surface area contributed by atoms with Gasteiger partial charge in [0.1, 0.15) is 5.65 Å². The number of nitrogens with one attached hydrogen (secondary N) is 1. The van der Waals surface area contributed by atoms with Crippen molar-refractivity contribution < 1.29 is 8.42 Å². The summed E-state index contributed by atoms with van der Waals surface area (Å²) in [7, 11) is -1.80. The second-order valence-corrected chi connectivity index (χ2v) is 14.8. The zero-order valence-corrected chi connectivity index (χ0v) is 27.3. The van der Waals surface area contributed by atoms with E-state index in [0.717, 1.165) is 73.7 Å². The van der Waals surface area contributed by atoms with Gasteiger partial charge in [0, 0.05) is 78.7 Å². The Hall–Kier alpha value is -4.46. The predicted molar refractivity (Wildman–Crippen MR) is 181 cm³/mol. The third-order valence-electron chi connectivity index (χ3n) is 8.77. The highest BCUT2D eigenvalue weighted by molar-refractivity contribution is 7.93. The molecule has 1 aliphatic carbocycles. The van der Waals surface area contributed by atoms with Crippen molar-refractivity contribution in [2.75, 3.05) is 43.4 Å². The highest BCUT2D eigenvalue weighted by Gasteiger charge is 2.26. The van der Waals surface area contributed by atoms with Crippen LogP contribution in [0.4, 0.5) is 17.3 Å². The maximum absolute atomic E-state index is 14.3. The zero-order chi connectivity index (χ0) is 31.8. The largest absolute Gasteiger partial charge is 0.369 e. The highest BCUT2D eigenvalue weighted by atomic mass is 32.2. The molecule has 0 amide bonds. The third-order valence-corrected chi connectivity index (χ3v) is 11.8. The monoisotopic (exact) mass is 654 g/mol. The van der Waals surface area contributed by atoms with Crippen LogP contribution in [0.2, 0.25) is 0 Å². The summed E-state index contributed by atoms with van der Waals surface area (Å²) in [5.74, 6) is 0.336. The maximum Gasteiger partial charge on any atom is 0.260 e. The normalized spacial score (nSPS) is 16.0. The van der Waals surface area contributed by atoms with Crippen molar-refractivity contribution in [2.24, 2.45) is 0 Å². The van der Waals surface area contributed by atoms with E-state index >= 15 is 0 Å². The highest BCUT2D eigenvalue weighted by Crippen LogP contribution is 2.33. The molecule has 0 spiro atoms. The molecule has 0 radical (unpaired) electrons. The van der Waals surface area contributed by atoms with Crippen molar-refractivity contribution in [1.82, 2.24) is 29.4 Å². The van der Waals surface area contributed by atoms with Crippen LogP contribution >= 0.6 is 11.3 Å². The summed E-state index contributed by atoms with van der Waals surface area (Å²) in [6, 6.07) is 11.7. The van der Waals surface area contributed by atoms with Crippen LogP contribution < -0.4 is 15.8 Å². The summed E-state index contributed by atoms with van der Waals surface area (Å²) in [5.41, 5.74) is 5.43. The van der Waals surface area contributed by atoms with E-state index in [0.29, 0.717) is 28.1 Å². The first-order chi connectivity index (χ1) is 22.3. The molecule has 4 aromatic heterocycles. The number of nitrogens with zero attached hydrogens (tertiary/aromatic N) is 7. The quantitative estimate of drug-likeness (QED) is 0.245. The number of hydrogen-bond donors (Lipinski definition) is 1. The molecule has 0 atom stereocenters. The summed E-state index contributed by atoms with van der Waals surface area (Å²) in [6.07, 6.45) is 8.78. The van der Waals surface area contributed by atoms with Gasteiger partial charge < -0.3 is 15.1 Å². The van der Waals surface area contributed by atoms with Crippen molar-refractivity contribution in [3.63, 3.8) is 0 Å². The molecule has 236 valence electrons. The number of pyridine rings is 2. The van der Waals surface area contributed by atoms with Gasteiger partial charge in [-0.05, 0) is 80.8 Å². The number of piperazine rings is 1. The van der Waals surface area contributed by atoms with Gasteiger partial charge in [0.05, 0.1) is 11.4 Å². The minimum atomic E-state index is -3.94. The van der Waals surface area contributed by atoms with Gasteiger partial charge in [0.2, 0.25) is 20.1 Å². The fraction of sp³-hybridized carbons (Fsp3) is 0.303. The number of allylic oxidation sites excluding steroid dienone is 2. The average Bonchev–Trinajstić information content (AvgIpc) is 3.76. The number of hydrogen-bond acceptors (Lipinski definition) is 11. The van der Waals surface area contributed by atoms with Crippen LogP contribution in [0, 0.1) is 0 Å². The molecule has 1 saturated heterocycles. The minimum Gasteiger partial charge on any atom is -0.369 e. The minimum absolute atomic E-state index is 0.0134. The molecule has 11 nitrogen and oxygen atoms in total. The molecule has 1 aromatic carbocycles. The molecule has 46 heavy (non-hydrogen) atoms. The van der Waals surface area contributed by atoms with Gasteiger partial charge in [-0.1, -0.05) is 5.57 Å². The lowest BCUT2D eigenvalue weighted by Crippen LogP contribution is -2.44. The van der Waals surface area contributed by atoms with E-state index in [1.807, 2.05) is 18.2 Å². The van der Waals surface area contributed by atoms with Crippen LogP contribution in [0.5, 0.6) is 0 Å². The molecule has 13 heteroatoms. The molecule has 2 aliphatic rings. The van der Waals surface area contributed by atoms with Crippen LogP contribution in [-0.2, 0) is 16.4 Å². The van der Waals surface area contributed by atoms with E-state index in [1.54, 1.807) is 22.2 Å². The van der Waals surface area contributed by atoms with Crippen LogP contribution in [0.1, 0.15) is 37.3 Å². The van der Waals surface area contributed by atoms with E-state index < -0.39 is 9.84 Å². The second kappa shape index (κ2) is 12.4. The topological polar surface area (TPSA) is 126 Å². The number of anilines is 3. The number of rotatable bonds is 8. The molecule has 1 fully saturated rings. The van der Waals surface area contributed by atoms with Crippen molar-refractivity contribution in [1.29, 1.82) is 0 Å². The Morgan fingerprint density at radius 1 is 0.978 bits per heavy atom. The first-order valence-corrected chi connectivity index (χ1v) is 17.6. The lowest BCUT2D eigenvalue weighted by Gasteiger charge is -2.34. The summed E-state index contributed by atoms with van der Waals surface area (Å²) < 4.78 is 28.6. The fourth-order valence-corrected chi connectivity index (χ4v) is 8.55. The van der Waals surface area contributed by atoms with E-state index in [2.05, 4.69) is 56.2 Å². The number of fused-ring (bicyclic) bond motifs is 1. The summed E-state index contributed by atoms with van der Waals surface area (Å²) in [4.78, 5) is 36.5. The van der Waals surface area contributed by atoms with Gasteiger partial charge in [0.15, 0.2) is 0 Å². The van der Waals surface area contributed by atoms with Crippen LogP contribution in [-0.4, -0.2) is 71.0 Å². The van der Waals surface area contributed by atoms with Crippen LogP contribution in [0.25, 0.3) is 16.6 Å². The van der Waals surface area contributed by atoms with Crippen molar-refractivity contribution in [3.8, 4) is 0 Å². The molecular weight excluding hydrogens is 621 g/mol. The Morgan fingerprint density at radius 3 is 2.50 bits per heavy atom. The molecule has 0 saturated carbocycles. The van der Waals surface area contributed by atoms with Crippen molar-refractivity contribution in [2.45, 2.75) is 42.0 Å². The number of thiazole rings is 1. The summed E-state index contributed by atoms with van der Waals surface area (Å²) in [5, 5.41) is 5.60. The molecule has 5 aromatic rings. The smallest absolute Gasteiger partial charge is 0.260 e. The molecule has 7 rings (SSSR count). The Bertz CT molecular complexity index is 2100. The van der Waals surface area contributed by atoms with E-state index in [-0.39, 0.29) is 21.3 Å². The molecule has 1 N–H and O–H groups in total. The number of sulfone groups is 1. The maximum atomic E-state index is 14.3. The van der Waals surface area contributed by atoms with E-state index in [1.165, 1.54) is 24.2 Å². The van der Waals surface area contributed by atoms with Crippen molar-refractivity contribution >= 4 is 55.1 Å². The lowest BCUT2D eigenvalue weighted by molar-refractivity contribution is 0.313. The second-order valence-electron chi connectivity index (χ2n) is 11.8. The van der Waals surface area contributed by atoms with Gasteiger partial charge in [-0.15, -0.1) is 11.3 Å². The van der Waals surface area contributed by atoms with Gasteiger partial charge in [-0.2, -0.15) is 4.98 Å². The van der Waals surface area contributed by atoms with Gasteiger partial charge in [-0.3, -0.25) is 14.3 Å². The van der Waals surface area contributed by atoms with Gasteiger partial charge >= 0.3 is 0 Å². The van der Waals surface area contributed by atoms with Crippen molar-refractivity contribution in [3.05, 3.63) is 93.6 Å². The summed E-state index contributed by atoms with van der Waals surface area (Å²) in [6.45, 7) is 6.07. The first-order valence-electron chi connectivity index (χ1n) is 15.3. The Balaban J connectivity index is 1.28. The number of benzene rings is 1. The molecular formula is C33H34N8O3S2. The summed E-state index contributed by atoms with van der Waals surface area (Å²) >= 11 is 1.04. The lowest BCUT2D eigenvalue weighted by atomic mass is 10.0. The average molecular weight is 655 g/mol. The van der Waals surface area contributed by atoms with Gasteiger partial charge in [-0.25, -0.2) is 18.4 Å². The molecule has 0 unspecified atom stereocenters. The zero-order valence-electron chi connectivity index (χ0n) is 25.7. The molecule has 5 heterocycles. The molecule has 0 bridgehead atoms. The van der Waals surface area contributed by atoms with Crippen LogP contribution in [0.3, 0.4) is 0 Å². The predicted octanol–water partition coefficient (Wildman–Crippen LogP) is 4.98.